The largest absolute Gasteiger partial charge is 0.354 e. The summed E-state index contributed by atoms with van der Waals surface area (Å²) in [6.07, 6.45) is 1.86. The van der Waals surface area contributed by atoms with Crippen molar-refractivity contribution in [1.29, 1.82) is 0 Å². The Balaban J connectivity index is 1.29. The van der Waals surface area contributed by atoms with Gasteiger partial charge in [0.2, 0.25) is 0 Å². The summed E-state index contributed by atoms with van der Waals surface area (Å²) in [5.41, 5.74) is 0.986. The highest BCUT2D eigenvalue weighted by Gasteiger charge is 2.22. The molecule has 0 saturated carbocycles. The number of hydrogen-bond donors (Lipinski definition) is 0. The Kier molecular flexibility index (Phi) is 5.22. The Morgan fingerprint density at radius 3 is 2.40 bits per heavy atom. The van der Waals surface area contributed by atoms with Gasteiger partial charge in [-0.15, -0.1) is 5.10 Å². The summed E-state index contributed by atoms with van der Waals surface area (Å²) in [5.74, 6) is 3.70. The molecule has 0 aromatic carbocycles. The molecule has 5 rings (SSSR count). The third-order valence-corrected chi connectivity index (χ3v) is 6.00. The minimum Gasteiger partial charge on any atom is -0.354 e. The Morgan fingerprint density at radius 1 is 0.900 bits per heavy atom. The third kappa shape index (κ3) is 3.95. The lowest BCUT2D eigenvalue weighted by atomic mass is 10.3. The Morgan fingerprint density at radius 2 is 1.67 bits per heavy atom. The van der Waals surface area contributed by atoms with Gasteiger partial charge in [0, 0.05) is 70.3 Å². The number of anilines is 2. The first kappa shape index (κ1) is 19.2. The van der Waals surface area contributed by atoms with Crippen LogP contribution in [-0.4, -0.2) is 93.8 Å². The van der Waals surface area contributed by atoms with Crippen LogP contribution in [0.15, 0.2) is 30.5 Å². The predicted molar refractivity (Wildman–Crippen MR) is 117 cm³/mol. The van der Waals surface area contributed by atoms with E-state index in [9.17, 15) is 0 Å². The minimum absolute atomic E-state index is 0.700. The number of piperazine rings is 2. The van der Waals surface area contributed by atoms with Crippen molar-refractivity contribution in [3.8, 4) is 0 Å². The van der Waals surface area contributed by atoms with Gasteiger partial charge in [0.25, 0.3) is 5.78 Å². The normalized spacial score (nSPS) is 19.0. The van der Waals surface area contributed by atoms with Crippen LogP contribution in [0.4, 0.5) is 11.6 Å². The van der Waals surface area contributed by atoms with Gasteiger partial charge >= 0.3 is 0 Å². The van der Waals surface area contributed by atoms with E-state index >= 15 is 0 Å². The minimum atomic E-state index is 0.700. The number of aryl methyl sites for hydroxylation is 1. The van der Waals surface area contributed by atoms with E-state index in [1.807, 2.05) is 29.8 Å². The Hall–Kier alpha value is -2.78. The van der Waals surface area contributed by atoms with E-state index in [1.165, 1.54) is 0 Å². The number of fused-ring (bicyclic) bond motifs is 1. The highest BCUT2D eigenvalue weighted by Crippen LogP contribution is 2.19. The average Bonchev–Trinajstić information content (AvgIpc) is 3.17. The molecule has 0 aliphatic carbocycles. The standard InChI is InChI=1S/C21H29N9/c1-17-15-20(29-11-7-26(2)8-12-29)30-21(23-17)24-18(25-30)16-27-9-13-28(14-10-27)19-5-3-4-6-22-19/h3-6,15H,7-14,16H2,1-2H3. The van der Waals surface area contributed by atoms with Crippen molar-refractivity contribution in [2.45, 2.75) is 13.5 Å². The molecule has 3 aromatic rings. The van der Waals surface area contributed by atoms with E-state index in [2.05, 4.69) is 48.7 Å². The molecule has 3 aromatic heterocycles. The van der Waals surface area contributed by atoms with Crippen LogP contribution < -0.4 is 9.80 Å². The number of pyridine rings is 1. The van der Waals surface area contributed by atoms with Crippen molar-refractivity contribution in [1.82, 2.24) is 34.4 Å². The van der Waals surface area contributed by atoms with Crippen LogP contribution in [0.3, 0.4) is 0 Å². The van der Waals surface area contributed by atoms with Crippen LogP contribution in [0.25, 0.3) is 5.78 Å². The molecule has 158 valence electrons. The molecule has 5 heterocycles. The summed E-state index contributed by atoms with van der Waals surface area (Å²) < 4.78 is 1.93. The van der Waals surface area contributed by atoms with E-state index < -0.39 is 0 Å². The third-order valence-electron chi connectivity index (χ3n) is 6.00. The molecule has 2 saturated heterocycles. The fourth-order valence-corrected chi connectivity index (χ4v) is 4.21. The molecular weight excluding hydrogens is 378 g/mol. The van der Waals surface area contributed by atoms with E-state index in [-0.39, 0.29) is 0 Å². The second kappa shape index (κ2) is 8.16. The molecule has 9 nitrogen and oxygen atoms in total. The first-order valence-electron chi connectivity index (χ1n) is 10.7. The smallest absolute Gasteiger partial charge is 0.254 e. The van der Waals surface area contributed by atoms with Gasteiger partial charge in [0.15, 0.2) is 5.82 Å². The Labute approximate surface area is 176 Å². The Bertz CT molecular complexity index is 986. The lowest BCUT2D eigenvalue weighted by molar-refractivity contribution is 0.243. The van der Waals surface area contributed by atoms with Crippen LogP contribution >= 0.6 is 0 Å². The predicted octanol–water partition coefficient (Wildman–Crippen LogP) is 0.902. The van der Waals surface area contributed by atoms with E-state index in [0.29, 0.717) is 5.78 Å². The molecule has 0 spiro atoms. The summed E-state index contributed by atoms with van der Waals surface area (Å²) in [5, 5.41) is 4.84. The van der Waals surface area contributed by atoms with Crippen LogP contribution in [0.1, 0.15) is 11.5 Å². The van der Waals surface area contributed by atoms with Gasteiger partial charge < -0.3 is 14.7 Å². The summed E-state index contributed by atoms with van der Waals surface area (Å²) >= 11 is 0. The van der Waals surface area contributed by atoms with Gasteiger partial charge in [-0.25, -0.2) is 9.97 Å². The lowest BCUT2D eigenvalue weighted by Gasteiger charge is -2.34. The van der Waals surface area contributed by atoms with Crippen LogP contribution in [0.2, 0.25) is 0 Å². The first-order valence-corrected chi connectivity index (χ1v) is 10.7. The maximum atomic E-state index is 4.84. The van der Waals surface area contributed by atoms with Gasteiger partial charge in [0.05, 0.1) is 6.54 Å². The van der Waals surface area contributed by atoms with Crippen LogP contribution in [-0.2, 0) is 6.54 Å². The van der Waals surface area contributed by atoms with Gasteiger partial charge in [-0.2, -0.15) is 9.50 Å². The zero-order valence-electron chi connectivity index (χ0n) is 17.8. The fourth-order valence-electron chi connectivity index (χ4n) is 4.21. The molecule has 0 N–H and O–H groups in total. The van der Waals surface area contributed by atoms with Gasteiger partial charge in [-0.05, 0) is 26.1 Å². The van der Waals surface area contributed by atoms with E-state index in [4.69, 9.17) is 10.1 Å². The molecule has 2 fully saturated rings. The maximum Gasteiger partial charge on any atom is 0.254 e. The summed E-state index contributed by atoms with van der Waals surface area (Å²) in [7, 11) is 2.17. The molecule has 0 unspecified atom stereocenters. The second-order valence-corrected chi connectivity index (χ2v) is 8.24. The topological polar surface area (TPSA) is 68.9 Å². The zero-order chi connectivity index (χ0) is 20.5. The number of hydrogen-bond acceptors (Lipinski definition) is 8. The summed E-state index contributed by atoms with van der Waals surface area (Å²) in [6.45, 7) is 10.8. The molecule has 0 radical (unpaired) electrons. The van der Waals surface area contributed by atoms with Gasteiger partial charge in [0.1, 0.15) is 11.6 Å². The molecule has 9 heteroatoms. The highest BCUT2D eigenvalue weighted by atomic mass is 15.4. The molecule has 30 heavy (non-hydrogen) atoms. The summed E-state index contributed by atoms with van der Waals surface area (Å²) in [6, 6.07) is 8.21. The molecule has 2 aliphatic rings. The number of nitrogens with zero attached hydrogens (tertiary/aromatic N) is 9. The molecule has 0 bridgehead atoms. The molecule has 0 amide bonds. The van der Waals surface area contributed by atoms with Crippen molar-refractivity contribution >= 4 is 17.4 Å². The first-order chi connectivity index (χ1) is 14.7. The van der Waals surface area contributed by atoms with Crippen LogP contribution in [0, 0.1) is 6.92 Å². The lowest BCUT2D eigenvalue weighted by Crippen LogP contribution is -2.46. The highest BCUT2D eigenvalue weighted by molar-refractivity contribution is 5.48. The zero-order valence-corrected chi connectivity index (χ0v) is 17.8. The quantitative estimate of drug-likeness (QED) is 0.632. The monoisotopic (exact) mass is 407 g/mol. The van der Waals surface area contributed by atoms with E-state index in [1.54, 1.807) is 0 Å². The van der Waals surface area contributed by atoms with E-state index in [0.717, 1.165) is 82.1 Å². The molecule has 2 aliphatic heterocycles. The van der Waals surface area contributed by atoms with Gasteiger partial charge in [-0.1, -0.05) is 6.07 Å². The summed E-state index contributed by atoms with van der Waals surface area (Å²) in [4.78, 5) is 23.4. The second-order valence-electron chi connectivity index (χ2n) is 8.24. The van der Waals surface area contributed by atoms with Crippen molar-refractivity contribution in [3.05, 3.63) is 42.0 Å². The van der Waals surface area contributed by atoms with Crippen molar-refractivity contribution in [2.24, 2.45) is 0 Å². The van der Waals surface area contributed by atoms with Gasteiger partial charge in [-0.3, -0.25) is 4.90 Å². The molecule has 0 atom stereocenters. The van der Waals surface area contributed by atoms with Crippen molar-refractivity contribution in [2.75, 3.05) is 69.2 Å². The molecular formula is C21H29N9. The fraction of sp³-hybridized carbons (Fsp3) is 0.524. The van der Waals surface area contributed by atoms with Crippen LogP contribution in [0.5, 0.6) is 0 Å². The maximum absolute atomic E-state index is 4.84. The SMILES string of the molecule is Cc1cc(N2CCN(C)CC2)n2nc(CN3CCN(c4ccccn4)CC3)nc2n1. The van der Waals surface area contributed by atoms with Crippen molar-refractivity contribution < 1.29 is 0 Å². The average molecular weight is 408 g/mol. The number of rotatable bonds is 4. The van der Waals surface area contributed by atoms with Crippen molar-refractivity contribution in [3.63, 3.8) is 0 Å². The number of likely N-dealkylation sites (N-methyl/N-ethyl adjacent to an activating group) is 1. The number of aromatic nitrogens is 5.